The topological polar surface area (TPSA) is 106 Å². The number of aromatic nitrogens is 5. The molecule has 0 unspecified atom stereocenters. The fraction of sp³-hybridized carbons (Fsp3) is 0.273. The molecule has 11 heteroatoms. The second-order valence-electron chi connectivity index (χ2n) is 7.72. The number of benzene rings is 1. The molecule has 1 fully saturated rings. The van der Waals surface area contributed by atoms with Gasteiger partial charge in [-0.15, -0.1) is 5.10 Å². The van der Waals surface area contributed by atoms with Gasteiger partial charge in [-0.1, -0.05) is 6.07 Å². The molecule has 0 aliphatic carbocycles. The fourth-order valence-electron chi connectivity index (χ4n) is 3.84. The van der Waals surface area contributed by atoms with Gasteiger partial charge < -0.3 is 20.7 Å². The van der Waals surface area contributed by atoms with E-state index in [0.717, 1.165) is 6.07 Å². The van der Waals surface area contributed by atoms with Crippen molar-refractivity contribution in [3.8, 4) is 11.3 Å². The normalized spacial score (nSPS) is 15.1. The minimum absolute atomic E-state index is 0.281. The van der Waals surface area contributed by atoms with Crippen molar-refractivity contribution in [1.29, 1.82) is 0 Å². The number of nitrogens with zero attached hydrogens (tertiary/aromatic N) is 6. The van der Waals surface area contributed by atoms with E-state index >= 15 is 0 Å². The number of anilines is 3. The summed E-state index contributed by atoms with van der Waals surface area (Å²) in [5.41, 5.74) is 8.21. The molecule has 1 aliphatic rings. The Bertz CT molecular complexity index is 1310. The smallest absolute Gasteiger partial charge is 0.228 e. The quantitative estimate of drug-likeness (QED) is 0.476. The van der Waals surface area contributed by atoms with Crippen LogP contribution in [0.15, 0.2) is 42.7 Å². The molecule has 1 saturated heterocycles. The molecular weight excluding hydrogens is 430 g/mol. The highest BCUT2D eigenvalue weighted by Crippen LogP contribution is 2.32. The van der Waals surface area contributed by atoms with Gasteiger partial charge in [-0.05, 0) is 19.1 Å². The van der Waals surface area contributed by atoms with E-state index in [1.54, 1.807) is 36.0 Å². The molecule has 0 radical (unpaired) electrons. The van der Waals surface area contributed by atoms with Gasteiger partial charge in [0.25, 0.3) is 0 Å². The number of morpholine rings is 1. The number of nitrogens with one attached hydrogen (secondary N) is 1. The summed E-state index contributed by atoms with van der Waals surface area (Å²) in [4.78, 5) is 15.8. The molecule has 1 aliphatic heterocycles. The van der Waals surface area contributed by atoms with E-state index in [0.29, 0.717) is 60.5 Å². The van der Waals surface area contributed by atoms with Gasteiger partial charge in [-0.3, -0.25) is 0 Å². The predicted molar refractivity (Wildman–Crippen MR) is 120 cm³/mol. The van der Waals surface area contributed by atoms with Crippen LogP contribution in [0.3, 0.4) is 0 Å². The van der Waals surface area contributed by atoms with E-state index in [1.807, 2.05) is 4.90 Å². The molecule has 1 aromatic carbocycles. The first-order chi connectivity index (χ1) is 16.0. The maximum atomic E-state index is 14.3. The van der Waals surface area contributed by atoms with Gasteiger partial charge >= 0.3 is 0 Å². The van der Waals surface area contributed by atoms with Crippen LogP contribution < -0.4 is 16.0 Å². The summed E-state index contributed by atoms with van der Waals surface area (Å²) >= 11 is 0. The average molecular weight is 452 g/mol. The number of fused-ring (bicyclic) bond motifs is 1. The maximum absolute atomic E-state index is 14.3. The summed E-state index contributed by atoms with van der Waals surface area (Å²) in [6, 6.07) is 6.51. The van der Waals surface area contributed by atoms with Gasteiger partial charge in [0, 0.05) is 43.2 Å². The van der Waals surface area contributed by atoms with Crippen LogP contribution in [0.25, 0.3) is 16.9 Å². The standard InChI is InChI=1S/C22H22F2N8O/c1-13(15-4-3-14(23)11-16(15)24)27-18-12-17(28-22(29-18)31-7-9-33-10-8-31)19-20(25)30-32-6-2-5-26-21(19)32/h2-6,11-13H,7-10H2,1H3,(H2,25,30)(H,27,28,29)/t13-/m0/s1. The summed E-state index contributed by atoms with van der Waals surface area (Å²) < 4.78 is 34.7. The Morgan fingerprint density at radius 2 is 1.97 bits per heavy atom. The SMILES string of the molecule is C[C@H](Nc1cc(-c2c(N)nn3cccnc23)nc(N2CCOCC2)n1)c1ccc(F)cc1F. The number of rotatable bonds is 5. The second kappa shape index (κ2) is 8.58. The molecule has 170 valence electrons. The highest BCUT2D eigenvalue weighted by Gasteiger charge is 2.21. The Morgan fingerprint density at radius 1 is 1.15 bits per heavy atom. The zero-order valence-electron chi connectivity index (χ0n) is 17.9. The minimum atomic E-state index is -0.631. The Labute approximate surface area is 188 Å². The average Bonchev–Trinajstić information content (AvgIpc) is 3.15. The number of halogens is 2. The number of nitrogen functional groups attached to an aromatic ring is 1. The predicted octanol–water partition coefficient (Wildman–Crippen LogP) is 3.06. The molecule has 1 atom stereocenters. The highest BCUT2D eigenvalue weighted by molar-refractivity contribution is 5.85. The molecule has 0 amide bonds. The van der Waals surface area contributed by atoms with Crippen LogP contribution in [0, 0.1) is 11.6 Å². The minimum Gasteiger partial charge on any atom is -0.382 e. The van der Waals surface area contributed by atoms with Crippen molar-refractivity contribution in [2.75, 3.05) is 42.3 Å². The van der Waals surface area contributed by atoms with Gasteiger partial charge in [-0.25, -0.2) is 23.3 Å². The first kappa shape index (κ1) is 21.0. The van der Waals surface area contributed by atoms with Crippen molar-refractivity contribution in [3.05, 3.63) is 59.9 Å². The summed E-state index contributed by atoms with van der Waals surface area (Å²) in [5.74, 6) is -0.0248. The molecule has 9 nitrogen and oxygen atoms in total. The third-order valence-corrected chi connectivity index (χ3v) is 5.48. The molecule has 5 rings (SSSR count). The first-order valence-corrected chi connectivity index (χ1v) is 10.5. The fourth-order valence-corrected chi connectivity index (χ4v) is 3.84. The van der Waals surface area contributed by atoms with E-state index in [4.69, 9.17) is 15.5 Å². The summed E-state index contributed by atoms with van der Waals surface area (Å²) in [5, 5.41) is 7.53. The van der Waals surface area contributed by atoms with Crippen LogP contribution in [-0.4, -0.2) is 50.9 Å². The van der Waals surface area contributed by atoms with Crippen LogP contribution in [0.1, 0.15) is 18.5 Å². The summed E-state index contributed by atoms with van der Waals surface area (Å²) in [7, 11) is 0. The molecule has 33 heavy (non-hydrogen) atoms. The zero-order chi connectivity index (χ0) is 22.9. The van der Waals surface area contributed by atoms with Crippen LogP contribution in [0.2, 0.25) is 0 Å². The second-order valence-corrected chi connectivity index (χ2v) is 7.72. The molecule has 0 spiro atoms. The molecule has 0 saturated carbocycles. The van der Waals surface area contributed by atoms with Crippen LogP contribution in [0.4, 0.5) is 26.4 Å². The van der Waals surface area contributed by atoms with Gasteiger partial charge in [0.2, 0.25) is 5.95 Å². The van der Waals surface area contributed by atoms with Crippen molar-refractivity contribution >= 4 is 23.2 Å². The van der Waals surface area contributed by atoms with Crippen molar-refractivity contribution in [2.24, 2.45) is 0 Å². The van der Waals surface area contributed by atoms with Crippen molar-refractivity contribution in [3.63, 3.8) is 0 Å². The Morgan fingerprint density at radius 3 is 2.76 bits per heavy atom. The van der Waals surface area contributed by atoms with Crippen molar-refractivity contribution < 1.29 is 13.5 Å². The monoisotopic (exact) mass is 452 g/mol. The lowest BCUT2D eigenvalue weighted by molar-refractivity contribution is 0.122. The lowest BCUT2D eigenvalue weighted by Crippen LogP contribution is -2.37. The molecule has 3 N–H and O–H groups in total. The van der Waals surface area contributed by atoms with E-state index in [1.165, 1.54) is 12.1 Å². The Balaban J connectivity index is 1.58. The van der Waals surface area contributed by atoms with Crippen molar-refractivity contribution in [1.82, 2.24) is 24.6 Å². The first-order valence-electron chi connectivity index (χ1n) is 10.5. The zero-order valence-corrected chi connectivity index (χ0v) is 17.9. The molecular formula is C22H22F2N8O. The van der Waals surface area contributed by atoms with Crippen molar-refractivity contribution in [2.45, 2.75) is 13.0 Å². The number of nitrogens with two attached hydrogens (primary N) is 1. The van der Waals surface area contributed by atoms with Crippen LogP contribution in [0.5, 0.6) is 0 Å². The lowest BCUT2D eigenvalue weighted by Gasteiger charge is -2.27. The van der Waals surface area contributed by atoms with Gasteiger partial charge in [0.05, 0.1) is 30.5 Å². The van der Waals surface area contributed by atoms with Gasteiger partial charge in [0.15, 0.2) is 11.5 Å². The van der Waals surface area contributed by atoms with Crippen LogP contribution in [-0.2, 0) is 4.74 Å². The summed E-state index contributed by atoms with van der Waals surface area (Å²) in [6.45, 7) is 4.17. The van der Waals surface area contributed by atoms with Gasteiger partial charge in [0.1, 0.15) is 17.5 Å². The number of ether oxygens (including phenoxy) is 1. The Hall–Kier alpha value is -3.86. The van der Waals surface area contributed by atoms with E-state index in [-0.39, 0.29) is 5.82 Å². The molecule has 0 bridgehead atoms. The third kappa shape index (κ3) is 4.14. The number of hydrogen-bond acceptors (Lipinski definition) is 8. The van der Waals surface area contributed by atoms with Crippen LogP contribution >= 0.6 is 0 Å². The number of hydrogen-bond donors (Lipinski definition) is 2. The van der Waals surface area contributed by atoms with E-state index in [9.17, 15) is 8.78 Å². The lowest BCUT2D eigenvalue weighted by atomic mass is 10.1. The van der Waals surface area contributed by atoms with Gasteiger partial charge in [-0.2, -0.15) is 4.98 Å². The van der Waals surface area contributed by atoms with E-state index < -0.39 is 17.7 Å². The summed E-state index contributed by atoms with van der Waals surface area (Å²) in [6.07, 6.45) is 3.41. The Kier molecular flexibility index (Phi) is 5.47. The molecule has 4 heterocycles. The maximum Gasteiger partial charge on any atom is 0.228 e. The largest absolute Gasteiger partial charge is 0.382 e. The highest BCUT2D eigenvalue weighted by atomic mass is 19.1. The van der Waals surface area contributed by atoms with E-state index in [2.05, 4.69) is 20.4 Å². The molecule has 3 aromatic heterocycles. The third-order valence-electron chi connectivity index (χ3n) is 5.48. The molecule has 4 aromatic rings.